The molecular formula is C31H34FN3O3. The molecule has 0 bridgehead atoms. The second-order valence-electron chi connectivity index (χ2n) is 9.97. The first kappa shape index (κ1) is 26.1. The second-order valence-corrected chi connectivity index (χ2v) is 9.97. The zero-order valence-electron chi connectivity index (χ0n) is 21.7. The predicted molar refractivity (Wildman–Crippen MR) is 145 cm³/mol. The highest BCUT2D eigenvalue weighted by Crippen LogP contribution is 2.36. The summed E-state index contributed by atoms with van der Waals surface area (Å²) in [4.78, 5) is 2.26. The first-order valence-corrected chi connectivity index (χ1v) is 13.1. The molecule has 5 rings (SSSR count). The minimum atomic E-state index is -0.637. The highest BCUT2D eigenvalue weighted by molar-refractivity contribution is 5.65. The number of hydrogen-bond donors (Lipinski definition) is 1. The topological polar surface area (TPSA) is 59.8 Å². The standard InChI is InChI=1S/C31H34FN3O3/c1-34-31(38-28-14-8-13-26(32)17-28)29(30(33-34)25-11-6-3-7-12-25)20-35(18-23-15-16-23)19-27(36)22-37-21-24-9-4-2-5-10-24/h2-14,17,23,27,36H,15-16,18-22H2,1H3/t27-/m1/s1. The van der Waals surface area contributed by atoms with Gasteiger partial charge < -0.3 is 14.6 Å². The van der Waals surface area contributed by atoms with Crippen LogP contribution in [0.2, 0.25) is 0 Å². The van der Waals surface area contributed by atoms with Crippen LogP contribution in [0.15, 0.2) is 84.9 Å². The van der Waals surface area contributed by atoms with E-state index in [1.807, 2.05) is 67.7 Å². The zero-order chi connectivity index (χ0) is 26.3. The van der Waals surface area contributed by atoms with Gasteiger partial charge >= 0.3 is 0 Å². The van der Waals surface area contributed by atoms with E-state index in [0.717, 1.165) is 28.9 Å². The lowest BCUT2D eigenvalue weighted by Gasteiger charge is -2.25. The molecule has 6 nitrogen and oxygen atoms in total. The second kappa shape index (κ2) is 12.3. The Morgan fingerprint density at radius 2 is 1.76 bits per heavy atom. The minimum absolute atomic E-state index is 0.251. The molecule has 0 unspecified atom stereocenters. The largest absolute Gasteiger partial charge is 0.439 e. The molecule has 1 aromatic heterocycles. The van der Waals surface area contributed by atoms with Crippen molar-refractivity contribution < 1.29 is 19.0 Å². The summed E-state index contributed by atoms with van der Waals surface area (Å²) in [6.07, 6.45) is 1.76. The third-order valence-corrected chi connectivity index (χ3v) is 6.63. The van der Waals surface area contributed by atoms with Gasteiger partial charge in [0, 0.05) is 38.3 Å². The first-order chi connectivity index (χ1) is 18.5. The van der Waals surface area contributed by atoms with Crippen molar-refractivity contribution in [1.82, 2.24) is 14.7 Å². The number of ether oxygens (including phenoxy) is 2. The van der Waals surface area contributed by atoms with Crippen LogP contribution >= 0.6 is 0 Å². The zero-order valence-corrected chi connectivity index (χ0v) is 21.7. The smallest absolute Gasteiger partial charge is 0.222 e. The number of aromatic nitrogens is 2. The molecular weight excluding hydrogens is 481 g/mol. The summed E-state index contributed by atoms with van der Waals surface area (Å²) < 4.78 is 27.6. The van der Waals surface area contributed by atoms with E-state index in [1.165, 1.54) is 25.0 Å². The molecule has 0 radical (unpaired) electrons. The molecule has 38 heavy (non-hydrogen) atoms. The highest BCUT2D eigenvalue weighted by Gasteiger charge is 2.28. The van der Waals surface area contributed by atoms with Gasteiger partial charge in [-0.3, -0.25) is 4.90 Å². The van der Waals surface area contributed by atoms with Crippen LogP contribution in [0, 0.1) is 11.7 Å². The van der Waals surface area contributed by atoms with E-state index in [0.29, 0.717) is 37.2 Å². The maximum absolute atomic E-state index is 13.9. The van der Waals surface area contributed by atoms with Crippen LogP contribution in [0.5, 0.6) is 11.6 Å². The average molecular weight is 516 g/mol. The number of aliphatic hydroxyl groups is 1. The quantitative estimate of drug-likeness (QED) is 0.244. The molecule has 1 atom stereocenters. The molecule has 1 saturated carbocycles. The molecule has 0 aliphatic heterocycles. The van der Waals surface area contributed by atoms with E-state index in [1.54, 1.807) is 16.8 Å². The molecule has 1 N–H and O–H groups in total. The summed E-state index contributed by atoms with van der Waals surface area (Å²) in [5.74, 6) is 1.24. The van der Waals surface area contributed by atoms with Crippen LogP contribution in [-0.2, 0) is 24.9 Å². The normalized spacial score (nSPS) is 14.1. The summed E-state index contributed by atoms with van der Waals surface area (Å²) in [7, 11) is 1.84. The Morgan fingerprint density at radius 3 is 2.47 bits per heavy atom. The van der Waals surface area contributed by atoms with Crippen molar-refractivity contribution in [2.45, 2.75) is 32.1 Å². The maximum Gasteiger partial charge on any atom is 0.222 e. The molecule has 3 aromatic carbocycles. The lowest BCUT2D eigenvalue weighted by Crippen LogP contribution is -2.36. The molecule has 7 heteroatoms. The fourth-order valence-electron chi connectivity index (χ4n) is 4.62. The molecule has 0 saturated heterocycles. The number of aliphatic hydroxyl groups excluding tert-OH is 1. The van der Waals surface area contributed by atoms with Gasteiger partial charge in [0.05, 0.1) is 24.9 Å². The van der Waals surface area contributed by atoms with Crippen molar-refractivity contribution in [1.29, 1.82) is 0 Å². The first-order valence-electron chi connectivity index (χ1n) is 13.1. The lowest BCUT2D eigenvalue weighted by atomic mass is 10.1. The van der Waals surface area contributed by atoms with Crippen LogP contribution in [-0.4, -0.2) is 45.6 Å². The van der Waals surface area contributed by atoms with Gasteiger partial charge in [-0.25, -0.2) is 9.07 Å². The van der Waals surface area contributed by atoms with Gasteiger partial charge in [0.2, 0.25) is 5.88 Å². The Kier molecular flexibility index (Phi) is 8.48. The number of benzene rings is 3. The summed E-state index contributed by atoms with van der Waals surface area (Å²) in [5.41, 5.74) is 3.78. The van der Waals surface area contributed by atoms with Crippen molar-refractivity contribution in [2.24, 2.45) is 13.0 Å². The van der Waals surface area contributed by atoms with Crippen molar-refractivity contribution in [3.8, 4) is 22.9 Å². The Morgan fingerprint density at radius 1 is 1.03 bits per heavy atom. The number of nitrogens with zero attached hydrogens (tertiary/aromatic N) is 3. The van der Waals surface area contributed by atoms with Gasteiger partial charge in [-0.05, 0) is 36.5 Å². The third kappa shape index (κ3) is 7.07. The molecule has 1 aliphatic rings. The number of aryl methyl sites for hydroxylation is 1. The lowest BCUT2D eigenvalue weighted by molar-refractivity contribution is 0.00774. The number of halogens is 1. The molecule has 1 aliphatic carbocycles. The van der Waals surface area contributed by atoms with Crippen molar-refractivity contribution in [3.63, 3.8) is 0 Å². The Balaban J connectivity index is 1.36. The molecule has 1 heterocycles. The van der Waals surface area contributed by atoms with Gasteiger partial charge in [0.25, 0.3) is 0 Å². The summed E-state index contributed by atoms with van der Waals surface area (Å²) in [6, 6.07) is 26.1. The molecule has 0 amide bonds. The van der Waals surface area contributed by atoms with Crippen LogP contribution in [0.3, 0.4) is 0 Å². The summed E-state index contributed by atoms with van der Waals surface area (Å²) in [5, 5.41) is 15.7. The summed E-state index contributed by atoms with van der Waals surface area (Å²) >= 11 is 0. The van der Waals surface area contributed by atoms with E-state index in [2.05, 4.69) is 4.90 Å². The van der Waals surface area contributed by atoms with Gasteiger partial charge in [0.15, 0.2) is 0 Å². The van der Waals surface area contributed by atoms with Crippen LogP contribution in [0.25, 0.3) is 11.3 Å². The molecule has 198 valence electrons. The molecule has 0 spiro atoms. The van der Waals surface area contributed by atoms with Gasteiger partial charge in [-0.1, -0.05) is 66.7 Å². The number of hydrogen-bond acceptors (Lipinski definition) is 5. The van der Waals surface area contributed by atoms with E-state index >= 15 is 0 Å². The summed E-state index contributed by atoms with van der Waals surface area (Å²) in [6.45, 7) is 2.59. The van der Waals surface area contributed by atoms with Gasteiger partial charge in [-0.15, -0.1) is 0 Å². The van der Waals surface area contributed by atoms with Crippen LogP contribution in [0.1, 0.15) is 24.0 Å². The monoisotopic (exact) mass is 515 g/mol. The van der Waals surface area contributed by atoms with Gasteiger partial charge in [-0.2, -0.15) is 5.10 Å². The highest BCUT2D eigenvalue weighted by atomic mass is 19.1. The average Bonchev–Trinajstić information content (AvgIpc) is 3.69. The van der Waals surface area contributed by atoms with E-state index in [9.17, 15) is 9.50 Å². The fraction of sp³-hybridized carbons (Fsp3) is 0.323. The van der Waals surface area contributed by atoms with E-state index in [4.69, 9.17) is 14.6 Å². The van der Waals surface area contributed by atoms with Crippen molar-refractivity contribution in [2.75, 3.05) is 19.7 Å². The molecule has 4 aromatic rings. The Hall–Kier alpha value is -3.52. The van der Waals surface area contributed by atoms with E-state index in [-0.39, 0.29) is 12.4 Å². The van der Waals surface area contributed by atoms with Gasteiger partial charge in [0.1, 0.15) is 17.3 Å². The third-order valence-electron chi connectivity index (χ3n) is 6.63. The fourth-order valence-corrected chi connectivity index (χ4v) is 4.62. The Labute approximate surface area is 223 Å². The van der Waals surface area contributed by atoms with Crippen LogP contribution in [0.4, 0.5) is 4.39 Å². The predicted octanol–water partition coefficient (Wildman–Crippen LogP) is 5.81. The van der Waals surface area contributed by atoms with Crippen molar-refractivity contribution >= 4 is 0 Å². The number of rotatable bonds is 13. The molecule has 1 fully saturated rings. The van der Waals surface area contributed by atoms with Crippen LogP contribution < -0.4 is 4.74 Å². The SMILES string of the molecule is Cn1nc(-c2ccccc2)c(CN(CC2CC2)C[C@@H](O)COCc2ccccc2)c1Oc1cccc(F)c1. The minimum Gasteiger partial charge on any atom is -0.439 e. The maximum atomic E-state index is 13.9. The van der Waals surface area contributed by atoms with E-state index < -0.39 is 6.10 Å². The van der Waals surface area contributed by atoms with Crippen molar-refractivity contribution in [3.05, 3.63) is 102 Å². The Bertz CT molecular complexity index is 1310.